The first kappa shape index (κ1) is 17.8. The summed E-state index contributed by atoms with van der Waals surface area (Å²) in [6.07, 6.45) is 0. The van der Waals surface area contributed by atoms with Crippen LogP contribution in [0, 0.1) is 0 Å². The molecule has 2 N–H and O–H groups in total. The molecule has 0 aliphatic carbocycles. The van der Waals surface area contributed by atoms with Crippen molar-refractivity contribution in [2.75, 3.05) is 16.4 Å². The Balaban J connectivity index is 1.92. The second kappa shape index (κ2) is 8.38. The molecule has 0 aliphatic rings. The van der Waals surface area contributed by atoms with E-state index in [1.54, 1.807) is 18.2 Å². The smallest absolute Gasteiger partial charge is 0.234 e. The Labute approximate surface area is 152 Å². The largest absolute Gasteiger partial charge is 0.326 e. The number of benzene rings is 2. The van der Waals surface area contributed by atoms with Gasteiger partial charge in [0.1, 0.15) is 0 Å². The second-order valence-electron chi connectivity index (χ2n) is 4.67. The van der Waals surface area contributed by atoms with E-state index in [4.69, 9.17) is 11.6 Å². The molecular weight excluding hydrogens is 400 g/mol. The van der Waals surface area contributed by atoms with Gasteiger partial charge in [-0.2, -0.15) is 0 Å². The van der Waals surface area contributed by atoms with Gasteiger partial charge in [-0.25, -0.2) is 0 Å². The topological polar surface area (TPSA) is 58.2 Å². The normalized spacial score (nSPS) is 10.2. The molecule has 0 heterocycles. The van der Waals surface area contributed by atoms with Gasteiger partial charge in [0.25, 0.3) is 0 Å². The molecule has 0 bridgehead atoms. The average Bonchev–Trinajstić information content (AvgIpc) is 2.49. The van der Waals surface area contributed by atoms with Crippen molar-refractivity contribution in [2.24, 2.45) is 0 Å². The molecule has 120 valence electrons. The van der Waals surface area contributed by atoms with Crippen molar-refractivity contribution in [3.63, 3.8) is 0 Å². The molecule has 4 nitrogen and oxygen atoms in total. The maximum absolute atomic E-state index is 12.0. The minimum absolute atomic E-state index is 0.146. The lowest BCUT2D eigenvalue weighted by Crippen LogP contribution is -2.14. The highest BCUT2D eigenvalue weighted by Gasteiger charge is 2.08. The van der Waals surface area contributed by atoms with Crippen molar-refractivity contribution < 1.29 is 9.59 Å². The van der Waals surface area contributed by atoms with E-state index in [0.29, 0.717) is 16.4 Å². The van der Waals surface area contributed by atoms with E-state index in [1.165, 1.54) is 18.7 Å². The zero-order chi connectivity index (χ0) is 16.8. The highest BCUT2D eigenvalue weighted by atomic mass is 79.9. The zero-order valence-corrected chi connectivity index (χ0v) is 15.4. The lowest BCUT2D eigenvalue weighted by atomic mass is 10.2. The van der Waals surface area contributed by atoms with Crippen molar-refractivity contribution >= 4 is 62.5 Å². The molecule has 2 rings (SSSR count). The molecule has 0 radical (unpaired) electrons. The maximum Gasteiger partial charge on any atom is 0.234 e. The summed E-state index contributed by atoms with van der Waals surface area (Å²) < 4.78 is 0.998. The van der Waals surface area contributed by atoms with Crippen molar-refractivity contribution in [1.82, 2.24) is 0 Å². The molecule has 23 heavy (non-hydrogen) atoms. The minimum Gasteiger partial charge on any atom is -0.326 e. The molecular formula is C16H14BrClN2O2S. The second-order valence-corrected chi connectivity index (χ2v) is 7.04. The van der Waals surface area contributed by atoms with Gasteiger partial charge in [-0.3, -0.25) is 9.59 Å². The summed E-state index contributed by atoms with van der Waals surface area (Å²) in [6, 6.07) is 12.7. The Bertz CT molecular complexity index is 723. The Hall–Kier alpha value is -1.50. The minimum atomic E-state index is -0.177. The van der Waals surface area contributed by atoms with Crippen LogP contribution in [0.1, 0.15) is 6.92 Å². The van der Waals surface area contributed by atoms with Crippen LogP contribution in [0.5, 0.6) is 0 Å². The van der Waals surface area contributed by atoms with Crippen LogP contribution in [-0.2, 0) is 9.59 Å². The van der Waals surface area contributed by atoms with Crippen LogP contribution >= 0.6 is 39.3 Å². The number of rotatable bonds is 5. The Kier molecular flexibility index (Phi) is 6.50. The van der Waals surface area contributed by atoms with E-state index >= 15 is 0 Å². The highest BCUT2D eigenvalue weighted by Crippen LogP contribution is 2.26. The number of carbonyl (C=O) groups is 2. The SMILES string of the molecule is CC(=O)Nc1ccc(NC(=O)CSc2ccc(Br)cc2)c(Cl)c1. The fraction of sp³-hybridized carbons (Fsp3) is 0.125. The maximum atomic E-state index is 12.0. The third kappa shape index (κ3) is 5.89. The number of amides is 2. The predicted molar refractivity (Wildman–Crippen MR) is 99.3 cm³/mol. The molecule has 2 aromatic carbocycles. The van der Waals surface area contributed by atoms with Crippen molar-refractivity contribution in [1.29, 1.82) is 0 Å². The van der Waals surface area contributed by atoms with E-state index in [2.05, 4.69) is 26.6 Å². The van der Waals surface area contributed by atoms with Gasteiger partial charge in [0.15, 0.2) is 0 Å². The fourth-order valence-corrected chi connectivity index (χ4v) is 2.95. The van der Waals surface area contributed by atoms with Crippen molar-refractivity contribution in [3.05, 3.63) is 52.0 Å². The van der Waals surface area contributed by atoms with E-state index < -0.39 is 0 Å². The molecule has 2 aromatic rings. The molecule has 0 aliphatic heterocycles. The molecule has 0 saturated heterocycles. The summed E-state index contributed by atoms with van der Waals surface area (Å²) >= 11 is 10.9. The Morgan fingerprint density at radius 1 is 1.13 bits per heavy atom. The third-order valence-electron chi connectivity index (χ3n) is 2.75. The third-order valence-corrected chi connectivity index (χ3v) is 4.60. The number of hydrogen-bond acceptors (Lipinski definition) is 3. The number of anilines is 2. The summed E-state index contributed by atoms with van der Waals surface area (Å²) in [4.78, 5) is 24.0. The average molecular weight is 414 g/mol. The first-order chi connectivity index (χ1) is 10.9. The highest BCUT2D eigenvalue weighted by molar-refractivity contribution is 9.10. The van der Waals surface area contributed by atoms with Gasteiger partial charge in [-0.15, -0.1) is 11.8 Å². The fourth-order valence-electron chi connectivity index (χ4n) is 1.76. The van der Waals surface area contributed by atoms with Gasteiger partial charge >= 0.3 is 0 Å². The molecule has 0 unspecified atom stereocenters. The number of carbonyl (C=O) groups excluding carboxylic acids is 2. The molecule has 7 heteroatoms. The Morgan fingerprint density at radius 2 is 1.83 bits per heavy atom. The van der Waals surface area contributed by atoms with Gasteiger partial charge in [0.2, 0.25) is 11.8 Å². The van der Waals surface area contributed by atoms with Crippen molar-refractivity contribution in [2.45, 2.75) is 11.8 Å². The number of nitrogens with one attached hydrogen (secondary N) is 2. The lowest BCUT2D eigenvalue weighted by Gasteiger charge is -2.09. The lowest BCUT2D eigenvalue weighted by molar-refractivity contribution is -0.114. The van der Waals surface area contributed by atoms with Crippen LogP contribution in [-0.4, -0.2) is 17.6 Å². The summed E-state index contributed by atoms with van der Waals surface area (Å²) in [5.74, 6) is -0.0401. The van der Waals surface area contributed by atoms with Crippen LogP contribution in [0.3, 0.4) is 0 Å². The van der Waals surface area contributed by atoms with E-state index in [-0.39, 0.29) is 17.6 Å². The van der Waals surface area contributed by atoms with E-state index in [0.717, 1.165) is 9.37 Å². The molecule has 0 fully saturated rings. The molecule has 0 spiro atoms. The van der Waals surface area contributed by atoms with E-state index in [9.17, 15) is 9.59 Å². The first-order valence-corrected chi connectivity index (χ1v) is 8.85. The van der Waals surface area contributed by atoms with E-state index in [1.807, 2.05) is 24.3 Å². The summed E-state index contributed by atoms with van der Waals surface area (Å²) in [6.45, 7) is 1.42. The Morgan fingerprint density at radius 3 is 2.43 bits per heavy atom. The monoisotopic (exact) mass is 412 g/mol. The molecule has 0 atom stereocenters. The van der Waals surface area contributed by atoms with Gasteiger partial charge in [0, 0.05) is 22.0 Å². The van der Waals surface area contributed by atoms with Crippen LogP contribution in [0.4, 0.5) is 11.4 Å². The van der Waals surface area contributed by atoms with Gasteiger partial charge in [0.05, 0.1) is 16.5 Å². The number of halogens is 2. The summed E-state index contributed by atoms with van der Waals surface area (Å²) in [7, 11) is 0. The first-order valence-electron chi connectivity index (χ1n) is 6.69. The number of thioether (sulfide) groups is 1. The van der Waals surface area contributed by atoms with Gasteiger partial charge < -0.3 is 10.6 Å². The zero-order valence-electron chi connectivity index (χ0n) is 12.2. The summed E-state index contributed by atoms with van der Waals surface area (Å²) in [5.41, 5.74) is 1.10. The predicted octanol–water partition coefficient (Wildman–Crippen LogP) is 4.79. The summed E-state index contributed by atoms with van der Waals surface area (Å²) in [5, 5.41) is 5.77. The van der Waals surface area contributed by atoms with Crippen LogP contribution in [0.15, 0.2) is 51.8 Å². The number of hydrogen-bond donors (Lipinski definition) is 2. The molecule has 2 amide bonds. The van der Waals surface area contributed by atoms with Gasteiger partial charge in [-0.05, 0) is 42.5 Å². The van der Waals surface area contributed by atoms with Crippen molar-refractivity contribution in [3.8, 4) is 0 Å². The van der Waals surface area contributed by atoms with Gasteiger partial charge in [-0.1, -0.05) is 27.5 Å². The van der Waals surface area contributed by atoms with Crippen LogP contribution < -0.4 is 10.6 Å². The molecule has 0 saturated carbocycles. The molecule has 0 aromatic heterocycles. The standard InChI is InChI=1S/C16H14BrClN2O2S/c1-10(21)19-12-4-7-15(14(18)8-12)20-16(22)9-23-13-5-2-11(17)3-6-13/h2-8H,9H2,1H3,(H,19,21)(H,20,22). The van der Waals surface area contributed by atoms with Crippen LogP contribution in [0.2, 0.25) is 5.02 Å². The quantitative estimate of drug-likeness (QED) is 0.693. The van der Waals surface area contributed by atoms with Crippen LogP contribution in [0.25, 0.3) is 0 Å².